The van der Waals surface area contributed by atoms with Crippen molar-refractivity contribution >= 4 is 24.4 Å². The Morgan fingerprint density at radius 1 is 1.44 bits per heavy atom. The molecule has 0 saturated carbocycles. The number of likely N-dealkylation sites (N-methyl/N-ethyl adjacent to an activating group) is 1. The molecule has 1 rings (SSSR count). The van der Waals surface area contributed by atoms with Gasteiger partial charge >= 0.3 is 0 Å². The lowest BCUT2D eigenvalue weighted by atomic mass is 10.2. The lowest BCUT2D eigenvalue weighted by molar-refractivity contribution is -0.122. The van der Waals surface area contributed by atoms with Gasteiger partial charge in [-0.25, -0.2) is 4.39 Å². The molecule has 0 saturated heterocycles. The summed E-state index contributed by atoms with van der Waals surface area (Å²) in [5.41, 5.74) is 0.262. The van der Waals surface area contributed by atoms with Crippen molar-refractivity contribution in [3.8, 4) is 0 Å². The number of halogens is 1. The van der Waals surface area contributed by atoms with E-state index >= 15 is 0 Å². The molecule has 0 heterocycles. The highest BCUT2D eigenvalue weighted by Crippen LogP contribution is 2.14. The van der Waals surface area contributed by atoms with E-state index in [0.717, 1.165) is 6.07 Å². The summed E-state index contributed by atoms with van der Waals surface area (Å²) in [4.78, 5) is 23.3. The highest BCUT2D eigenvalue weighted by atomic mass is 32.1. The van der Waals surface area contributed by atoms with Gasteiger partial charge in [0.15, 0.2) is 0 Å². The number of thiol groups is 1. The van der Waals surface area contributed by atoms with Crippen LogP contribution in [-0.2, 0) is 4.79 Å². The van der Waals surface area contributed by atoms with Gasteiger partial charge in [0, 0.05) is 17.0 Å². The van der Waals surface area contributed by atoms with Crippen molar-refractivity contribution < 1.29 is 14.0 Å². The summed E-state index contributed by atoms with van der Waals surface area (Å²) >= 11 is 3.89. The third-order valence-corrected chi connectivity index (χ3v) is 2.64. The maximum absolute atomic E-state index is 13.0. The van der Waals surface area contributed by atoms with Gasteiger partial charge < -0.3 is 10.6 Å². The Bertz CT molecular complexity index is 465. The molecule has 0 aliphatic rings. The molecule has 98 valence electrons. The molecule has 6 heteroatoms. The topological polar surface area (TPSA) is 58.2 Å². The molecule has 2 N–H and O–H groups in total. The smallest absolute Gasteiger partial charge is 0.251 e. The highest BCUT2D eigenvalue weighted by Gasteiger charge is 2.16. The van der Waals surface area contributed by atoms with E-state index < -0.39 is 17.8 Å². The van der Waals surface area contributed by atoms with Gasteiger partial charge in [-0.05, 0) is 32.0 Å². The number of amides is 2. The second-order valence-corrected chi connectivity index (χ2v) is 4.24. The molecule has 18 heavy (non-hydrogen) atoms. The van der Waals surface area contributed by atoms with Gasteiger partial charge in [-0.1, -0.05) is 0 Å². The van der Waals surface area contributed by atoms with Crippen molar-refractivity contribution in [3.05, 3.63) is 29.6 Å². The van der Waals surface area contributed by atoms with Crippen LogP contribution in [-0.4, -0.2) is 24.4 Å². The maximum Gasteiger partial charge on any atom is 0.251 e. The number of carbonyl (C=O) groups excluding carboxylic acids is 2. The quantitative estimate of drug-likeness (QED) is 0.724. The van der Waals surface area contributed by atoms with E-state index in [1.807, 2.05) is 0 Å². The Morgan fingerprint density at radius 3 is 2.67 bits per heavy atom. The minimum Gasteiger partial charge on any atom is -0.355 e. The second-order valence-electron chi connectivity index (χ2n) is 3.76. The standard InChI is InChI=1S/C12H15FN2O2S/c1-3-14-11(16)7(2)15-12(17)8-4-5-9(13)10(18)6-8/h4-7,18H,3H2,1-2H3,(H,14,16)(H,15,17). The molecule has 0 aromatic heterocycles. The van der Waals surface area contributed by atoms with Gasteiger partial charge in [-0.3, -0.25) is 9.59 Å². The molecule has 2 amide bonds. The third kappa shape index (κ3) is 3.73. The van der Waals surface area contributed by atoms with Crippen LogP contribution in [0.15, 0.2) is 23.1 Å². The number of rotatable bonds is 4. The van der Waals surface area contributed by atoms with Crippen LogP contribution in [0.4, 0.5) is 4.39 Å². The molecular weight excluding hydrogens is 255 g/mol. The third-order valence-electron chi connectivity index (χ3n) is 2.30. The fourth-order valence-corrected chi connectivity index (χ4v) is 1.54. The van der Waals surface area contributed by atoms with Crippen LogP contribution in [0.3, 0.4) is 0 Å². The number of hydrogen-bond acceptors (Lipinski definition) is 3. The molecule has 0 spiro atoms. The minimum absolute atomic E-state index is 0.0910. The minimum atomic E-state index is -0.647. The van der Waals surface area contributed by atoms with Crippen molar-refractivity contribution in [3.63, 3.8) is 0 Å². The molecular formula is C12H15FN2O2S. The van der Waals surface area contributed by atoms with E-state index in [4.69, 9.17) is 0 Å². The maximum atomic E-state index is 13.0. The van der Waals surface area contributed by atoms with Crippen LogP contribution in [0.5, 0.6) is 0 Å². The zero-order valence-electron chi connectivity index (χ0n) is 10.2. The zero-order valence-corrected chi connectivity index (χ0v) is 11.1. The van der Waals surface area contributed by atoms with E-state index in [2.05, 4.69) is 23.3 Å². The summed E-state index contributed by atoms with van der Waals surface area (Å²) in [5.74, 6) is -1.20. The summed E-state index contributed by atoms with van der Waals surface area (Å²) in [7, 11) is 0. The van der Waals surface area contributed by atoms with Crippen LogP contribution in [0.1, 0.15) is 24.2 Å². The Hall–Kier alpha value is -1.56. The molecule has 0 aliphatic carbocycles. The van der Waals surface area contributed by atoms with E-state index in [-0.39, 0.29) is 16.4 Å². The zero-order chi connectivity index (χ0) is 13.7. The number of carbonyl (C=O) groups is 2. The number of benzene rings is 1. The van der Waals surface area contributed by atoms with E-state index in [9.17, 15) is 14.0 Å². The molecule has 0 fully saturated rings. The van der Waals surface area contributed by atoms with Gasteiger partial charge in [-0.15, -0.1) is 12.6 Å². The largest absolute Gasteiger partial charge is 0.355 e. The monoisotopic (exact) mass is 270 g/mol. The average molecular weight is 270 g/mol. The molecule has 1 aromatic carbocycles. The highest BCUT2D eigenvalue weighted by molar-refractivity contribution is 7.80. The number of nitrogens with one attached hydrogen (secondary N) is 2. The number of hydrogen-bond donors (Lipinski definition) is 3. The second kappa shape index (κ2) is 6.39. The van der Waals surface area contributed by atoms with Crippen molar-refractivity contribution in [1.82, 2.24) is 10.6 Å². The molecule has 1 unspecified atom stereocenters. The van der Waals surface area contributed by atoms with Gasteiger partial charge in [0.1, 0.15) is 11.9 Å². The average Bonchev–Trinajstić information content (AvgIpc) is 2.32. The Kier molecular flexibility index (Phi) is 5.15. The molecule has 0 radical (unpaired) electrons. The molecule has 0 bridgehead atoms. The summed E-state index contributed by atoms with van der Waals surface area (Å²) in [6, 6.07) is 3.17. The van der Waals surface area contributed by atoms with Gasteiger partial charge in [-0.2, -0.15) is 0 Å². The first-order valence-electron chi connectivity index (χ1n) is 5.52. The van der Waals surface area contributed by atoms with E-state index in [0.29, 0.717) is 6.54 Å². The van der Waals surface area contributed by atoms with Gasteiger partial charge in [0.2, 0.25) is 5.91 Å². The summed E-state index contributed by atoms with van der Waals surface area (Å²) in [6.07, 6.45) is 0. The lowest BCUT2D eigenvalue weighted by Gasteiger charge is -2.13. The first-order chi connectivity index (χ1) is 8.45. The van der Waals surface area contributed by atoms with Crippen molar-refractivity contribution in [2.24, 2.45) is 0 Å². The van der Waals surface area contributed by atoms with Crippen molar-refractivity contribution in [2.45, 2.75) is 24.8 Å². The molecule has 0 aliphatic heterocycles. The molecule has 4 nitrogen and oxygen atoms in total. The molecule has 1 atom stereocenters. The van der Waals surface area contributed by atoms with Gasteiger partial charge in [0.05, 0.1) is 0 Å². The van der Waals surface area contributed by atoms with Crippen molar-refractivity contribution in [1.29, 1.82) is 0 Å². The van der Waals surface area contributed by atoms with Crippen LogP contribution >= 0.6 is 12.6 Å². The Morgan fingerprint density at radius 2 is 2.11 bits per heavy atom. The fourth-order valence-electron chi connectivity index (χ4n) is 1.33. The van der Waals surface area contributed by atoms with Gasteiger partial charge in [0.25, 0.3) is 5.91 Å². The van der Waals surface area contributed by atoms with Crippen molar-refractivity contribution in [2.75, 3.05) is 6.54 Å². The summed E-state index contributed by atoms with van der Waals surface area (Å²) in [6.45, 7) is 3.87. The van der Waals surface area contributed by atoms with Crippen LogP contribution in [0.2, 0.25) is 0 Å². The summed E-state index contributed by atoms with van der Waals surface area (Å²) in [5, 5.41) is 5.11. The first kappa shape index (κ1) is 14.5. The van der Waals surface area contributed by atoms with E-state index in [1.165, 1.54) is 12.1 Å². The lowest BCUT2D eigenvalue weighted by Crippen LogP contribution is -2.44. The summed E-state index contributed by atoms with van der Waals surface area (Å²) < 4.78 is 13.0. The van der Waals surface area contributed by atoms with Crippen LogP contribution in [0.25, 0.3) is 0 Å². The molecule has 1 aromatic rings. The Labute approximate surface area is 110 Å². The fraction of sp³-hybridized carbons (Fsp3) is 0.333. The first-order valence-corrected chi connectivity index (χ1v) is 5.97. The predicted octanol–water partition coefficient (Wildman–Crippen LogP) is 1.37. The normalized spacial score (nSPS) is 11.8. The van der Waals surface area contributed by atoms with E-state index in [1.54, 1.807) is 13.8 Å². The van der Waals surface area contributed by atoms with Crippen LogP contribution < -0.4 is 10.6 Å². The predicted molar refractivity (Wildman–Crippen MR) is 69.3 cm³/mol. The Balaban J connectivity index is 2.70. The SMILES string of the molecule is CCNC(=O)C(C)NC(=O)c1ccc(F)c(S)c1. The van der Waals surface area contributed by atoms with Crippen LogP contribution in [0, 0.1) is 5.82 Å².